The third-order valence-corrected chi connectivity index (χ3v) is 2.68. The molecule has 0 aliphatic heterocycles. The molecule has 0 bridgehead atoms. The largest absolute Gasteiger partial charge is 0.496 e. The number of nitrogens with zero attached hydrogens (tertiary/aromatic N) is 1. The highest BCUT2D eigenvalue weighted by Crippen LogP contribution is 2.22. The third kappa shape index (κ3) is 3.24. The Bertz CT molecular complexity index is 332. The summed E-state index contributed by atoms with van der Waals surface area (Å²) in [7, 11) is 5.93. The molecule has 0 aromatic heterocycles. The first-order chi connectivity index (χ1) is 7.04. The van der Waals surface area contributed by atoms with Crippen LogP contribution >= 0.6 is 0 Å². The highest BCUT2D eigenvalue weighted by molar-refractivity contribution is 5.41. The first-order valence-corrected chi connectivity index (χ1v) is 5.33. The van der Waals surface area contributed by atoms with Crippen LogP contribution < -0.4 is 4.74 Å². The van der Waals surface area contributed by atoms with E-state index in [0.29, 0.717) is 0 Å². The van der Waals surface area contributed by atoms with Gasteiger partial charge in [0.15, 0.2) is 0 Å². The molecule has 0 unspecified atom stereocenters. The van der Waals surface area contributed by atoms with E-state index in [1.807, 2.05) is 0 Å². The normalized spacial score (nSPS) is 10.8. The maximum Gasteiger partial charge on any atom is 0.122 e. The second-order valence-corrected chi connectivity index (χ2v) is 4.30. The molecule has 0 aliphatic rings. The smallest absolute Gasteiger partial charge is 0.122 e. The number of aryl methyl sites for hydroxylation is 2. The van der Waals surface area contributed by atoms with E-state index in [9.17, 15) is 0 Å². The molecule has 0 saturated heterocycles. The molecule has 1 aromatic carbocycles. The molecule has 0 spiro atoms. The lowest BCUT2D eigenvalue weighted by Crippen LogP contribution is -2.15. The quantitative estimate of drug-likeness (QED) is 0.752. The molecule has 0 N–H and O–H groups in total. The minimum atomic E-state index is 0.987. The predicted octanol–water partition coefficient (Wildman–Crippen LogP) is 2.42. The molecule has 0 atom stereocenters. The van der Waals surface area contributed by atoms with E-state index in [2.05, 4.69) is 45.0 Å². The fourth-order valence-electron chi connectivity index (χ4n) is 1.68. The van der Waals surface area contributed by atoms with E-state index in [1.54, 1.807) is 7.11 Å². The van der Waals surface area contributed by atoms with Crippen LogP contribution in [0.25, 0.3) is 0 Å². The van der Waals surface area contributed by atoms with Crippen LogP contribution in [0.4, 0.5) is 0 Å². The highest BCUT2D eigenvalue weighted by Gasteiger charge is 2.04. The topological polar surface area (TPSA) is 12.5 Å². The van der Waals surface area contributed by atoms with Crippen LogP contribution in [0, 0.1) is 13.8 Å². The van der Waals surface area contributed by atoms with Crippen LogP contribution in [0.5, 0.6) is 5.75 Å². The molecule has 0 aliphatic carbocycles. The molecular weight excluding hydrogens is 186 g/mol. The van der Waals surface area contributed by atoms with E-state index in [1.165, 1.54) is 16.7 Å². The summed E-state index contributed by atoms with van der Waals surface area (Å²) >= 11 is 0. The van der Waals surface area contributed by atoms with E-state index in [0.717, 1.165) is 18.7 Å². The van der Waals surface area contributed by atoms with Gasteiger partial charge >= 0.3 is 0 Å². The number of hydrogen-bond acceptors (Lipinski definition) is 2. The van der Waals surface area contributed by atoms with Crippen LogP contribution in [0.2, 0.25) is 0 Å². The standard InChI is InChI=1S/C13H21NO/c1-10-9-13(15-5)11(2)8-12(10)6-7-14(3)4/h8-9H,6-7H2,1-5H3. The summed E-state index contributed by atoms with van der Waals surface area (Å²) in [6, 6.07) is 4.36. The van der Waals surface area contributed by atoms with Crippen molar-refractivity contribution in [2.75, 3.05) is 27.7 Å². The van der Waals surface area contributed by atoms with Crippen molar-refractivity contribution in [3.8, 4) is 5.75 Å². The molecule has 0 radical (unpaired) electrons. The van der Waals surface area contributed by atoms with Gasteiger partial charge < -0.3 is 9.64 Å². The summed E-state index contributed by atoms with van der Waals surface area (Å²) in [5, 5.41) is 0. The number of likely N-dealkylation sites (N-methyl/N-ethyl adjacent to an activating group) is 1. The average molecular weight is 207 g/mol. The molecule has 0 fully saturated rings. The predicted molar refractivity (Wildman–Crippen MR) is 64.7 cm³/mol. The lowest BCUT2D eigenvalue weighted by atomic mass is 10.0. The van der Waals surface area contributed by atoms with Crippen molar-refractivity contribution in [2.24, 2.45) is 0 Å². The van der Waals surface area contributed by atoms with Gasteiger partial charge in [-0.3, -0.25) is 0 Å². The van der Waals surface area contributed by atoms with Gasteiger partial charge in [-0.25, -0.2) is 0 Å². The van der Waals surface area contributed by atoms with Gasteiger partial charge in [0.25, 0.3) is 0 Å². The van der Waals surface area contributed by atoms with Gasteiger partial charge in [0.2, 0.25) is 0 Å². The second kappa shape index (κ2) is 5.17. The van der Waals surface area contributed by atoms with Gasteiger partial charge in [0.1, 0.15) is 5.75 Å². The zero-order chi connectivity index (χ0) is 11.4. The fraction of sp³-hybridized carbons (Fsp3) is 0.538. The molecule has 84 valence electrons. The number of rotatable bonds is 4. The number of ether oxygens (including phenoxy) is 1. The molecule has 2 heteroatoms. The third-order valence-electron chi connectivity index (χ3n) is 2.68. The van der Waals surface area contributed by atoms with Crippen LogP contribution in [-0.2, 0) is 6.42 Å². The molecule has 0 heterocycles. The average Bonchev–Trinajstić information content (AvgIpc) is 2.18. The molecular formula is C13H21NO. The Labute approximate surface area is 92.9 Å². The van der Waals surface area contributed by atoms with Crippen molar-refractivity contribution < 1.29 is 4.74 Å². The SMILES string of the molecule is COc1cc(C)c(CCN(C)C)cc1C. The van der Waals surface area contributed by atoms with E-state index >= 15 is 0 Å². The monoisotopic (exact) mass is 207 g/mol. The first kappa shape index (κ1) is 12.1. The zero-order valence-corrected chi connectivity index (χ0v) is 10.4. The summed E-state index contributed by atoms with van der Waals surface area (Å²) < 4.78 is 5.30. The molecule has 2 nitrogen and oxygen atoms in total. The highest BCUT2D eigenvalue weighted by atomic mass is 16.5. The Hall–Kier alpha value is -1.02. The maximum atomic E-state index is 5.30. The molecule has 0 amide bonds. The molecule has 1 aromatic rings. The van der Waals surface area contributed by atoms with Crippen molar-refractivity contribution in [3.05, 3.63) is 28.8 Å². The van der Waals surface area contributed by atoms with Gasteiger partial charge in [-0.1, -0.05) is 6.07 Å². The van der Waals surface area contributed by atoms with Gasteiger partial charge in [-0.05, 0) is 57.1 Å². The van der Waals surface area contributed by atoms with Crippen LogP contribution in [-0.4, -0.2) is 32.6 Å². The number of benzene rings is 1. The minimum Gasteiger partial charge on any atom is -0.496 e. The van der Waals surface area contributed by atoms with Crippen LogP contribution in [0.1, 0.15) is 16.7 Å². The maximum absolute atomic E-state index is 5.30. The first-order valence-electron chi connectivity index (χ1n) is 5.33. The van der Waals surface area contributed by atoms with Crippen molar-refractivity contribution in [3.63, 3.8) is 0 Å². The van der Waals surface area contributed by atoms with Gasteiger partial charge in [0, 0.05) is 6.54 Å². The van der Waals surface area contributed by atoms with Crippen molar-refractivity contribution in [1.29, 1.82) is 0 Å². The summed E-state index contributed by atoms with van der Waals surface area (Å²) in [5.74, 6) is 0.987. The van der Waals surface area contributed by atoms with Crippen molar-refractivity contribution in [1.82, 2.24) is 4.90 Å². The Morgan fingerprint density at radius 3 is 2.33 bits per heavy atom. The summed E-state index contributed by atoms with van der Waals surface area (Å²) in [5.41, 5.74) is 3.96. The Morgan fingerprint density at radius 2 is 1.80 bits per heavy atom. The Morgan fingerprint density at radius 1 is 1.13 bits per heavy atom. The Balaban J connectivity index is 2.85. The van der Waals surface area contributed by atoms with Gasteiger partial charge in [-0.15, -0.1) is 0 Å². The molecule has 1 rings (SSSR count). The van der Waals surface area contributed by atoms with Crippen molar-refractivity contribution >= 4 is 0 Å². The van der Waals surface area contributed by atoms with Crippen LogP contribution in [0.3, 0.4) is 0 Å². The molecule has 15 heavy (non-hydrogen) atoms. The lowest BCUT2D eigenvalue weighted by molar-refractivity contribution is 0.407. The van der Waals surface area contributed by atoms with Gasteiger partial charge in [0.05, 0.1) is 7.11 Å². The van der Waals surface area contributed by atoms with E-state index < -0.39 is 0 Å². The van der Waals surface area contributed by atoms with E-state index in [4.69, 9.17) is 4.74 Å². The van der Waals surface area contributed by atoms with Crippen molar-refractivity contribution in [2.45, 2.75) is 20.3 Å². The molecule has 0 saturated carbocycles. The summed E-state index contributed by atoms with van der Waals surface area (Å²) in [6.45, 7) is 5.33. The van der Waals surface area contributed by atoms with Crippen LogP contribution in [0.15, 0.2) is 12.1 Å². The van der Waals surface area contributed by atoms with E-state index in [-0.39, 0.29) is 0 Å². The number of methoxy groups -OCH3 is 1. The fourth-order valence-corrected chi connectivity index (χ4v) is 1.68. The lowest BCUT2D eigenvalue weighted by Gasteiger charge is -2.13. The Kier molecular flexibility index (Phi) is 4.15. The summed E-state index contributed by atoms with van der Waals surface area (Å²) in [6.07, 6.45) is 1.10. The van der Waals surface area contributed by atoms with Gasteiger partial charge in [-0.2, -0.15) is 0 Å². The zero-order valence-electron chi connectivity index (χ0n) is 10.4. The second-order valence-electron chi connectivity index (χ2n) is 4.30. The summed E-state index contributed by atoms with van der Waals surface area (Å²) in [4.78, 5) is 2.21. The minimum absolute atomic E-state index is 0.987. The number of hydrogen-bond donors (Lipinski definition) is 0.